The summed E-state index contributed by atoms with van der Waals surface area (Å²) in [6.07, 6.45) is 0. The van der Waals surface area contributed by atoms with Crippen molar-refractivity contribution in [2.24, 2.45) is 0 Å². The zero-order chi connectivity index (χ0) is 4.50. The van der Waals surface area contributed by atoms with Gasteiger partial charge >= 0.3 is 10.4 Å². The van der Waals surface area contributed by atoms with Crippen LogP contribution in [0.15, 0.2) is 0 Å². The summed E-state index contributed by atoms with van der Waals surface area (Å²) in [7, 11) is -4.67. The van der Waals surface area contributed by atoms with Crippen LogP contribution in [-0.2, 0) is 10.4 Å². The molecule has 0 fully saturated rings. The van der Waals surface area contributed by atoms with E-state index in [0.29, 0.717) is 0 Å². The molecular weight excluding hydrogens is 422 g/mol. The van der Waals surface area contributed by atoms with Crippen LogP contribution in [-0.4, -0.2) is 68.7 Å². The number of rotatable bonds is 0. The predicted molar refractivity (Wildman–Crippen MR) is 25.7 cm³/mol. The maximum Gasteiger partial charge on any atom is 0.394 e. The predicted octanol–water partition coefficient (Wildman–Crippen LogP) is -1.41. The second kappa shape index (κ2) is 5.72. The van der Waals surface area contributed by atoms with Gasteiger partial charge < -0.3 is 0 Å². The van der Waals surface area contributed by atoms with Crippen molar-refractivity contribution in [3.63, 3.8) is 0 Å². The summed E-state index contributed by atoms with van der Waals surface area (Å²) in [4.78, 5) is 0. The fourth-order valence-electron chi connectivity index (χ4n) is 0. The zero-order valence-electron chi connectivity index (χ0n) is 3.12. The van der Waals surface area contributed by atoms with Crippen molar-refractivity contribution in [1.82, 2.24) is 0 Å². The summed E-state index contributed by atoms with van der Waals surface area (Å²) < 4.78 is 31.6. The van der Waals surface area contributed by atoms with Crippen LogP contribution >= 0.6 is 0 Å². The molecule has 0 aliphatic heterocycles. The molecule has 0 rings (SSSR count). The van der Waals surface area contributed by atoms with Gasteiger partial charge in [0.1, 0.15) is 0 Å². The number of hydrogen-bond acceptors (Lipinski definition) is 2. The third-order valence-electron chi connectivity index (χ3n) is 0. The Hall–Kier alpha value is 1.59. The second-order valence-corrected chi connectivity index (χ2v) is 1.34. The van der Waals surface area contributed by atoms with E-state index in [2.05, 4.69) is 0 Å². The Labute approximate surface area is 78.4 Å². The van der Waals surface area contributed by atoms with E-state index in [0.717, 1.165) is 0 Å². The summed E-state index contributed by atoms with van der Waals surface area (Å²) in [5.74, 6) is 0. The molecule has 0 atom stereocenters. The van der Waals surface area contributed by atoms with Crippen molar-refractivity contribution >= 4 is 61.6 Å². The molecule has 0 unspecified atom stereocenters. The maximum atomic E-state index is 8.74. The topological polar surface area (TPSA) is 74.6 Å². The van der Waals surface area contributed by atoms with Gasteiger partial charge in [-0.05, 0) is 0 Å². The molecule has 0 spiro atoms. The largest absolute Gasteiger partial charge is 0.394 e. The van der Waals surface area contributed by atoms with E-state index in [1.165, 1.54) is 0 Å². The van der Waals surface area contributed by atoms with Crippen molar-refractivity contribution in [2.45, 2.75) is 0 Å². The van der Waals surface area contributed by atoms with Gasteiger partial charge in [0, 0.05) is 51.2 Å². The van der Waals surface area contributed by atoms with Crippen LogP contribution < -0.4 is 0 Å². The van der Waals surface area contributed by atoms with E-state index in [1.807, 2.05) is 0 Å². The minimum absolute atomic E-state index is 0. The third kappa shape index (κ3) is 93.8. The van der Waals surface area contributed by atoms with Crippen LogP contribution in [0.3, 0.4) is 0 Å². The smallest absolute Gasteiger partial charge is 0.264 e. The van der Waals surface area contributed by atoms with E-state index < -0.39 is 10.4 Å². The molecular formula is H2O4PbSSn. The third-order valence-corrected chi connectivity index (χ3v) is 0. The maximum absolute atomic E-state index is 8.74. The molecule has 0 aliphatic rings. The monoisotopic (exact) mass is 426 g/mol. The molecule has 0 heterocycles. The Bertz CT molecular complexity index is 94.9. The first kappa shape index (κ1) is 15.8. The molecule has 2 N–H and O–H groups in total. The first-order valence-electron chi connectivity index (χ1n) is 0.698. The van der Waals surface area contributed by atoms with Crippen LogP contribution in [0.4, 0.5) is 0 Å². The van der Waals surface area contributed by atoms with Gasteiger partial charge in [0.25, 0.3) is 0 Å². The fraction of sp³-hybridized carbons (Fsp3) is 0. The Morgan fingerprint density at radius 1 is 1.14 bits per heavy atom. The van der Waals surface area contributed by atoms with Gasteiger partial charge in [0.05, 0.1) is 0 Å². The van der Waals surface area contributed by atoms with Crippen molar-refractivity contribution in [2.75, 3.05) is 0 Å². The van der Waals surface area contributed by atoms with E-state index in [4.69, 9.17) is 17.5 Å². The Kier molecular flexibility index (Phi) is 12.9. The van der Waals surface area contributed by atoms with E-state index in [1.54, 1.807) is 0 Å². The van der Waals surface area contributed by atoms with Crippen LogP contribution in [0.5, 0.6) is 0 Å². The Morgan fingerprint density at radius 3 is 1.14 bits per heavy atom. The second-order valence-electron chi connectivity index (χ2n) is 0.448. The van der Waals surface area contributed by atoms with Gasteiger partial charge in [0.2, 0.25) is 0 Å². The molecule has 0 saturated heterocycles. The van der Waals surface area contributed by atoms with E-state index >= 15 is 0 Å². The van der Waals surface area contributed by atoms with Crippen LogP contribution in [0.25, 0.3) is 0 Å². The average molecular weight is 424 g/mol. The van der Waals surface area contributed by atoms with Crippen LogP contribution in [0.2, 0.25) is 0 Å². The normalized spacial score (nSPS) is 8.29. The molecule has 7 heavy (non-hydrogen) atoms. The van der Waals surface area contributed by atoms with Crippen LogP contribution in [0, 0.1) is 0 Å². The fourth-order valence-corrected chi connectivity index (χ4v) is 0. The molecule has 0 aromatic rings. The molecule has 0 aromatic carbocycles. The SMILES string of the molecule is O=S(=O)(O)O.[Pb].[Sn]. The van der Waals surface area contributed by atoms with Gasteiger partial charge in [-0.1, -0.05) is 0 Å². The zero-order valence-corrected chi connectivity index (χ0v) is 10.7. The molecule has 8 radical (unpaired) electrons. The van der Waals surface area contributed by atoms with Gasteiger partial charge in [0.15, 0.2) is 0 Å². The van der Waals surface area contributed by atoms with Gasteiger partial charge in [-0.2, -0.15) is 8.42 Å². The summed E-state index contributed by atoms with van der Waals surface area (Å²) in [5, 5.41) is 0. The standard InChI is InChI=1S/H2O4S.Pb.Sn/c1-5(2,3)4;;/h(H2,1,2,3,4);;. The summed E-state index contributed by atoms with van der Waals surface area (Å²) >= 11 is 0. The van der Waals surface area contributed by atoms with Crippen molar-refractivity contribution < 1.29 is 17.5 Å². The molecule has 0 aliphatic carbocycles. The summed E-state index contributed by atoms with van der Waals surface area (Å²) in [6, 6.07) is 0. The minimum atomic E-state index is -4.67. The molecule has 7 heteroatoms. The summed E-state index contributed by atoms with van der Waals surface area (Å²) in [5.41, 5.74) is 0. The first-order chi connectivity index (χ1) is 2.00. The molecule has 0 saturated carbocycles. The molecule has 0 bridgehead atoms. The first-order valence-corrected chi connectivity index (χ1v) is 2.10. The summed E-state index contributed by atoms with van der Waals surface area (Å²) in [6.45, 7) is 0. The molecule has 40 valence electrons. The Morgan fingerprint density at radius 2 is 1.14 bits per heavy atom. The van der Waals surface area contributed by atoms with E-state index in [9.17, 15) is 0 Å². The average Bonchev–Trinajstić information content (AvgIpc) is 0.722. The van der Waals surface area contributed by atoms with Gasteiger partial charge in [-0.3, -0.25) is 9.11 Å². The van der Waals surface area contributed by atoms with Crippen molar-refractivity contribution in [3.8, 4) is 0 Å². The van der Waals surface area contributed by atoms with Gasteiger partial charge in [-0.15, -0.1) is 0 Å². The quantitative estimate of drug-likeness (QED) is 0.370. The Balaban J connectivity index is -0.0000000800. The van der Waals surface area contributed by atoms with Crippen molar-refractivity contribution in [1.29, 1.82) is 0 Å². The molecule has 0 aromatic heterocycles. The van der Waals surface area contributed by atoms with E-state index in [-0.39, 0.29) is 51.2 Å². The molecule has 0 amide bonds. The number of hydrogen-bond donors (Lipinski definition) is 2. The van der Waals surface area contributed by atoms with Crippen LogP contribution in [0.1, 0.15) is 0 Å². The van der Waals surface area contributed by atoms with Crippen molar-refractivity contribution in [3.05, 3.63) is 0 Å². The minimum Gasteiger partial charge on any atom is -0.264 e. The van der Waals surface area contributed by atoms with Gasteiger partial charge in [-0.25, -0.2) is 0 Å². The molecule has 4 nitrogen and oxygen atoms in total.